The lowest BCUT2D eigenvalue weighted by atomic mass is 10.1. The number of aromatic amines is 1. The third-order valence-electron chi connectivity index (χ3n) is 3.70. The lowest BCUT2D eigenvalue weighted by Crippen LogP contribution is -2.14. The molecule has 0 aliphatic heterocycles. The summed E-state index contributed by atoms with van der Waals surface area (Å²) >= 11 is 0. The Morgan fingerprint density at radius 2 is 1.85 bits per heavy atom. The molecule has 2 aromatic rings. The Labute approximate surface area is 150 Å². The summed E-state index contributed by atoms with van der Waals surface area (Å²) in [6.45, 7) is 3.66. The molecular weight excluding hydrogens is 340 g/mol. The van der Waals surface area contributed by atoms with Crippen LogP contribution in [0.15, 0.2) is 24.3 Å². The van der Waals surface area contributed by atoms with Gasteiger partial charge in [-0.2, -0.15) is 0 Å². The first kappa shape index (κ1) is 19.2. The van der Waals surface area contributed by atoms with E-state index in [-0.39, 0.29) is 35.8 Å². The topological polar surface area (TPSA) is 121 Å². The summed E-state index contributed by atoms with van der Waals surface area (Å²) in [5.41, 5.74) is 6.74. The van der Waals surface area contributed by atoms with Gasteiger partial charge < -0.3 is 24.9 Å². The summed E-state index contributed by atoms with van der Waals surface area (Å²) in [5, 5.41) is 0. The van der Waals surface area contributed by atoms with Crippen LogP contribution >= 0.6 is 0 Å². The molecule has 138 valence electrons. The number of H-pyrrole nitrogens is 1. The van der Waals surface area contributed by atoms with E-state index in [1.165, 1.54) is 25.3 Å². The maximum absolute atomic E-state index is 12.4. The van der Waals surface area contributed by atoms with Crippen molar-refractivity contribution >= 4 is 17.8 Å². The fourth-order valence-corrected chi connectivity index (χ4v) is 2.42. The summed E-state index contributed by atoms with van der Waals surface area (Å²) in [4.78, 5) is 38.6. The zero-order valence-corrected chi connectivity index (χ0v) is 14.8. The Balaban J connectivity index is 2.20. The predicted molar refractivity (Wildman–Crippen MR) is 92.3 cm³/mol. The molecule has 0 atom stereocenters. The van der Waals surface area contributed by atoms with Gasteiger partial charge >= 0.3 is 11.9 Å². The van der Waals surface area contributed by atoms with E-state index in [9.17, 15) is 14.4 Å². The minimum atomic E-state index is -0.692. The molecule has 0 aliphatic carbocycles. The van der Waals surface area contributed by atoms with E-state index in [2.05, 4.69) is 4.98 Å². The third-order valence-corrected chi connectivity index (χ3v) is 3.70. The molecule has 8 nitrogen and oxygen atoms in total. The van der Waals surface area contributed by atoms with E-state index in [4.69, 9.17) is 19.9 Å². The number of ether oxygens (including phenoxy) is 3. The number of carbonyl (C=O) groups is 3. The van der Waals surface area contributed by atoms with Crippen LogP contribution in [0, 0.1) is 13.8 Å². The van der Waals surface area contributed by atoms with Gasteiger partial charge in [-0.1, -0.05) is 6.07 Å². The van der Waals surface area contributed by atoms with Gasteiger partial charge in [0.15, 0.2) is 0 Å². The maximum Gasteiger partial charge on any atom is 0.360 e. The molecule has 3 N–H and O–H groups in total. The number of methoxy groups -OCH3 is 1. The van der Waals surface area contributed by atoms with Crippen LogP contribution in [-0.2, 0) is 9.47 Å². The molecular formula is C18H20N2O6. The summed E-state index contributed by atoms with van der Waals surface area (Å²) in [6.07, 6.45) is 0. The third kappa shape index (κ3) is 4.28. The lowest BCUT2D eigenvalue weighted by Gasteiger charge is -2.06. The summed E-state index contributed by atoms with van der Waals surface area (Å²) < 4.78 is 15.2. The quantitative estimate of drug-likeness (QED) is 0.441. The molecule has 2 rings (SSSR count). The molecule has 1 aromatic heterocycles. The van der Waals surface area contributed by atoms with E-state index >= 15 is 0 Å². The molecule has 0 bridgehead atoms. The van der Waals surface area contributed by atoms with Crippen molar-refractivity contribution < 1.29 is 28.6 Å². The number of hydrogen-bond acceptors (Lipinski definition) is 6. The van der Waals surface area contributed by atoms with Crippen LogP contribution in [0.2, 0.25) is 0 Å². The zero-order valence-electron chi connectivity index (χ0n) is 14.8. The normalized spacial score (nSPS) is 10.4. The van der Waals surface area contributed by atoms with Crippen molar-refractivity contribution in [1.29, 1.82) is 0 Å². The number of esters is 2. The van der Waals surface area contributed by atoms with Crippen molar-refractivity contribution in [1.82, 2.24) is 4.98 Å². The van der Waals surface area contributed by atoms with Gasteiger partial charge in [0, 0.05) is 18.4 Å². The molecule has 1 heterocycles. The van der Waals surface area contributed by atoms with Crippen LogP contribution in [0.4, 0.5) is 0 Å². The SMILES string of the molecule is COCCOC(=O)c1c(C)[nH]c(C(=O)Oc2cccc(C(N)=O)c2)c1C. The average Bonchev–Trinajstić information content (AvgIpc) is 2.90. The van der Waals surface area contributed by atoms with Crippen LogP contribution < -0.4 is 10.5 Å². The summed E-state index contributed by atoms with van der Waals surface area (Å²) in [5.74, 6) is -1.70. The van der Waals surface area contributed by atoms with Gasteiger partial charge in [0.25, 0.3) is 0 Å². The fourth-order valence-electron chi connectivity index (χ4n) is 2.42. The van der Waals surface area contributed by atoms with E-state index in [0.717, 1.165) is 0 Å². The molecule has 0 fully saturated rings. The zero-order chi connectivity index (χ0) is 19.3. The second-order valence-corrected chi connectivity index (χ2v) is 5.54. The number of rotatable bonds is 7. The van der Waals surface area contributed by atoms with Gasteiger partial charge in [-0.3, -0.25) is 4.79 Å². The van der Waals surface area contributed by atoms with Gasteiger partial charge in [-0.25, -0.2) is 9.59 Å². The Morgan fingerprint density at radius 1 is 1.12 bits per heavy atom. The maximum atomic E-state index is 12.4. The highest BCUT2D eigenvalue weighted by Gasteiger charge is 2.24. The highest BCUT2D eigenvalue weighted by atomic mass is 16.6. The Kier molecular flexibility index (Phi) is 6.13. The lowest BCUT2D eigenvalue weighted by molar-refractivity contribution is 0.0386. The molecule has 0 aliphatic rings. The number of hydrogen-bond donors (Lipinski definition) is 2. The summed E-state index contributed by atoms with van der Waals surface area (Å²) in [6, 6.07) is 5.95. The predicted octanol–water partition coefficient (Wildman–Crippen LogP) is 1.75. The monoisotopic (exact) mass is 360 g/mol. The Bertz CT molecular complexity index is 840. The van der Waals surface area contributed by atoms with Gasteiger partial charge in [0.1, 0.15) is 18.1 Å². The van der Waals surface area contributed by atoms with Crippen molar-refractivity contribution in [3.8, 4) is 5.75 Å². The molecule has 0 spiro atoms. The highest BCUT2D eigenvalue weighted by Crippen LogP contribution is 2.21. The number of nitrogens with two attached hydrogens (primary N) is 1. The summed E-state index contributed by atoms with van der Waals surface area (Å²) in [7, 11) is 1.50. The second-order valence-electron chi connectivity index (χ2n) is 5.54. The van der Waals surface area contributed by atoms with Crippen LogP contribution in [-0.4, -0.2) is 43.2 Å². The largest absolute Gasteiger partial charge is 0.460 e. The smallest absolute Gasteiger partial charge is 0.360 e. The van der Waals surface area contributed by atoms with Crippen molar-refractivity contribution in [3.63, 3.8) is 0 Å². The molecule has 0 unspecified atom stereocenters. The Morgan fingerprint density at radius 3 is 2.50 bits per heavy atom. The van der Waals surface area contributed by atoms with Gasteiger partial charge in [0.05, 0.1) is 12.2 Å². The second kappa shape index (κ2) is 8.30. The number of amides is 1. The average molecular weight is 360 g/mol. The van der Waals surface area contributed by atoms with E-state index in [0.29, 0.717) is 11.3 Å². The molecule has 26 heavy (non-hydrogen) atoms. The first-order chi connectivity index (χ1) is 12.3. The van der Waals surface area contributed by atoms with Gasteiger partial charge in [0.2, 0.25) is 5.91 Å². The van der Waals surface area contributed by atoms with E-state index < -0.39 is 17.8 Å². The number of nitrogens with one attached hydrogen (secondary N) is 1. The van der Waals surface area contributed by atoms with Gasteiger partial charge in [-0.15, -0.1) is 0 Å². The fraction of sp³-hybridized carbons (Fsp3) is 0.278. The Hall–Kier alpha value is -3.13. The number of aryl methyl sites for hydroxylation is 1. The van der Waals surface area contributed by atoms with Crippen molar-refractivity contribution in [2.24, 2.45) is 5.73 Å². The number of aromatic nitrogens is 1. The first-order valence-corrected chi connectivity index (χ1v) is 7.82. The number of carbonyl (C=O) groups excluding carboxylic acids is 3. The number of benzene rings is 1. The van der Waals surface area contributed by atoms with E-state index in [1.807, 2.05) is 0 Å². The number of primary amides is 1. The van der Waals surface area contributed by atoms with Crippen LogP contribution in [0.5, 0.6) is 5.75 Å². The standard InChI is InChI=1S/C18H20N2O6/c1-10-14(17(22)25-8-7-24-3)11(2)20-15(10)18(23)26-13-6-4-5-12(9-13)16(19)21/h4-6,9,20H,7-8H2,1-3H3,(H2,19,21). The molecule has 0 saturated heterocycles. The van der Waals surface area contributed by atoms with Gasteiger partial charge in [-0.05, 0) is 37.6 Å². The molecule has 8 heteroatoms. The van der Waals surface area contributed by atoms with E-state index in [1.54, 1.807) is 19.9 Å². The minimum Gasteiger partial charge on any atom is -0.460 e. The minimum absolute atomic E-state index is 0.110. The van der Waals surface area contributed by atoms with Crippen molar-refractivity contribution in [2.45, 2.75) is 13.8 Å². The van der Waals surface area contributed by atoms with Crippen LogP contribution in [0.3, 0.4) is 0 Å². The molecule has 1 amide bonds. The van der Waals surface area contributed by atoms with Crippen LogP contribution in [0.25, 0.3) is 0 Å². The van der Waals surface area contributed by atoms with Crippen molar-refractivity contribution in [3.05, 3.63) is 52.3 Å². The van der Waals surface area contributed by atoms with Crippen LogP contribution in [0.1, 0.15) is 42.5 Å². The molecule has 1 aromatic carbocycles. The highest BCUT2D eigenvalue weighted by molar-refractivity contribution is 5.99. The molecule has 0 saturated carbocycles. The molecule has 0 radical (unpaired) electrons. The first-order valence-electron chi connectivity index (χ1n) is 7.82. The van der Waals surface area contributed by atoms with Crippen molar-refractivity contribution in [2.75, 3.05) is 20.3 Å².